The smallest absolute Gasteiger partial charge is 0.140 e. The molecule has 1 aromatic rings. The number of nitrogens with zero attached hydrogens (tertiary/aromatic N) is 6. The molecule has 0 bridgehead atoms. The molecule has 0 atom stereocenters. The average Bonchev–Trinajstić information content (AvgIpc) is 2.35. The number of azide groups is 1. The molecule has 0 spiro atoms. The largest absolute Gasteiger partial charge is 0.249 e. The Morgan fingerprint density at radius 2 is 2.17 bits per heavy atom. The van der Waals surface area contributed by atoms with Crippen molar-refractivity contribution in [2.45, 2.75) is 18.4 Å². The number of rotatable bonds is 3. The van der Waals surface area contributed by atoms with Crippen LogP contribution in [0.15, 0.2) is 22.0 Å². The molecule has 0 radical (unpaired) electrons. The first-order valence-corrected chi connectivity index (χ1v) is 5.91. The second-order valence-corrected chi connectivity index (χ2v) is 5.24. The topological polar surface area (TPSA) is 98.3 Å². The average molecular weight is 311 g/mol. The predicted octanol–water partition coefficient (Wildman–Crippen LogP) is 3.02. The van der Waals surface area contributed by atoms with Gasteiger partial charge in [-0.25, -0.2) is 14.4 Å². The van der Waals surface area contributed by atoms with Gasteiger partial charge in [-0.05, 0) is 34.3 Å². The van der Waals surface area contributed by atoms with Crippen LogP contribution in [0.5, 0.6) is 0 Å². The molecule has 0 amide bonds. The summed E-state index contributed by atoms with van der Waals surface area (Å²) >= 11 is 3.20. The van der Waals surface area contributed by atoms with Crippen molar-refractivity contribution in [3.63, 3.8) is 0 Å². The maximum atomic E-state index is 12.9. The fourth-order valence-electron chi connectivity index (χ4n) is 2.18. The van der Waals surface area contributed by atoms with E-state index in [4.69, 9.17) is 10.8 Å². The lowest BCUT2D eigenvalue weighted by Gasteiger charge is -2.47. The van der Waals surface area contributed by atoms with Crippen LogP contribution < -0.4 is 0 Å². The predicted molar refractivity (Wildman–Crippen MR) is 63.8 cm³/mol. The summed E-state index contributed by atoms with van der Waals surface area (Å²) in [5.74, 6) is 0.322. The van der Waals surface area contributed by atoms with Crippen LogP contribution >= 0.6 is 15.9 Å². The van der Waals surface area contributed by atoms with Crippen LogP contribution in [0.2, 0.25) is 0 Å². The van der Waals surface area contributed by atoms with E-state index in [-0.39, 0.29) is 12.8 Å². The lowest BCUT2D eigenvalue weighted by atomic mass is 9.58. The minimum absolute atomic E-state index is 0.110. The molecule has 1 aromatic heterocycles. The Hall–Kier alpha value is -1.71. The number of halogens is 2. The van der Waals surface area contributed by atoms with Gasteiger partial charge in [-0.2, -0.15) is 5.26 Å². The van der Waals surface area contributed by atoms with Crippen molar-refractivity contribution in [1.29, 1.82) is 5.26 Å². The first-order chi connectivity index (χ1) is 8.60. The molecule has 1 saturated carbocycles. The number of hydrogen-bond donors (Lipinski definition) is 0. The van der Waals surface area contributed by atoms with E-state index in [2.05, 4.69) is 35.9 Å². The molecule has 0 saturated heterocycles. The summed E-state index contributed by atoms with van der Waals surface area (Å²) in [7, 11) is 0. The maximum Gasteiger partial charge on any atom is 0.140 e. The number of nitriles is 1. The molecule has 0 aromatic carbocycles. The fourth-order valence-corrected chi connectivity index (χ4v) is 2.39. The molecule has 0 N–H and O–H groups in total. The van der Waals surface area contributed by atoms with Crippen LogP contribution in [0.1, 0.15) is 18.7 Å². The van der Waals surface area contributed by atoms with Gasteiger partial charge in [-0.3, -0.25) is 0 Å². The van der Waals surface area contributed by atoms with E-state index in [1.807, 2.05) is 6.07 Å². The van der Waals surface area contributed by atoms with Crippen LogP contribution in [-0.4, -0.2) is 16.6 Å². The Morgan fingerprint density at radius 1 is 1.56 bits per heavy atom. The molecule has 2 rings (SSSR count). The Morgan fingerprint density at radius 3 is 2.61 bits per heavy atom. The van der Waals surface area contributed by atoms with Crippen molar-refractivity contribution in [3.05, 3.63) is 33.1 Å². The summed E-state index contributed by atoms with van der Waals surface area (Å²) in [6, 6.07) is 1.94. The standard InChI is InChI=1S/C10H8BrFN6/c11-7-1-15-8(16-2-7)10(17-18-14)3-9(4-10,5-12)6-13/h1-2H,3-5H2. The summed E-state index contributed by atoms with van der Waals surface area (Å²) in [6.45, 7) is -0.761. The van der Waals surface area contributed by atoms with Gasteiger partial charge in [0, 0.05) is 17.3 Å². The van der Waals surface area contributed by atoms with Crippen LogP contribution in [0.25, 0.3) is 10.4 Å². The monoisotopic (exact) mass is 310 g/mol. The molecule has 6 nitrogen and oxygen atoms in total. The van der Waals surface area contributed by atoms with Crippen LogP contribution in [0, 0.1) is 16.7 Å². The molecule has 1 fully saturated rings. The molecular weight excluding hydrogens is 303 g/mol. The molecule has 1 heterocycles. The second kappa shape index (κ2) is 4.52. The minimum Gasteiger partial charge on any atom is -0.249 e. The Bertz CT molecular complexity index is 538. The van der Waals surface area contributed by atoms with Gasteiger partial charge >= 0.3 is 0 Å². The molecule has 1 aliphatic carbocycles. The van der Waals surface area contributed by atoms with E-state index in [0.717, 1.165) is 0 Å². The third-order valence-corrected chi connectivity index (χ3v) is 3.44. The first-order valence-electron chi connectivity index (χ1n) is 5.11. The van der Waals surface area contributed by atoms with Crippen LogP contribution in [0.3, 0.4) is 0 Å². The van der Waals surface area contributed by atoms with Crippen molar-refractivity contribution in [2.24, 2.45) is 10.5 Å². The minimum atomic E-state index is -1.08. The maximum absolute atomic E-state index is 12.9. The Balaban J connectivity index is 2.35. The van der Waals surface area contributed by atoms with E-state index in [1.165, 1.54) is 12.4 Å². The highest BCUT2D eigenvalue weighted by atomic mass is 79.9. The summed E-state index contributed by atoms with van der Waals surface area (Å²) in [5.41, 5.74) is 6.53. The second-order valence-electron chi connectivity index (χ2n) is 4.33. The van der Waals surface area contributed by atoms with Crippen LogP contribution in [-0.2, 0) is 5.54 Å². The zero-order chi connectivity index (χ0) is 13.2. The summed E-state index contributed by atoms with van der Waals surface area (Å²) < 4.78 is 13.5. The molecular formula is C10H8BrFN6. The zero-order valence-corrected chi connectivity index (χ0v) is 10.8. The zero-order valence-electron chi connectivity index (χ0n) is 9.22. The molecule has 0 unspecified atom stereocenters. The molecule has 92 valence electrons. The van der Waals surface area contributed by atoms with Crippen molar-refractivity contribution in [1.82, 2.24) is 9.97 Å². The molecule has 0 aliphatic heterocycles. The molecule has 1 aliphatic rings. The number of hydrogen-bond acceptors (Lipinski definition) is 4. The highest BCUT2D eigenvalue weighted by Gasteiger charge is 2.57. The first kappa shape index (κ1) is 12.7. The number of aromatic nitrogens is 2. The Kier molecular flexibility index (Phi) is 3.20. The summed E-state index contributed by atoms with van der Waals surface area (Å²) in [6.07, 6.45) is 3.27. The quantitative estimate of drug-likeness (QED) is 0.487. The SMILES string of the molecule is N#CC1(CF)CC(N=[N+]=[N-])(c2ncc(Br)cn2)C1. The number of alkyl halides is 1. The van der Waals surface area contributed by atoms with E-state index in [9.17, 15) is 4.39 Å². The van der Waals surface area contributed by atoms with Gasteiger partial charge < -0.3 is 0 Å². The summed E-state index contributed by atoms with van der Waals surface area (Å²) in [4.78, 5) is 10.9. The highest BCUT2D eigenvalue weighted by molar-refractivity contribution is 9.10. The van der Waals surface area contributed by atoms with Crippen molar-refractivity contribution >= 4 is 15.9 Å². The molecule has 8 heteroatoms. The highest BCUT2D eigenvalue weighted by Crippen LogP contribution is 2.55. The van der Waals surface area contributed by atoms with Crippen molar-refractivity contribution in [3.8, 4) is 6.07 Å². The van der Waals surface area contributed by atoms with Crippen molar-refractivity contribution < 1.29 is 4.39 Å². The summed E-state index contributed by atoms with van der Waals surface area (Å²) in [5, 5.41) is 12.6. The normalized spacial score (nSPS) is 29.8. The van der Waals surface area contributed by atoms with E-state index < -0.39 is 17.6 Å². The van der Waals surface area contributed by atoms with E-state index in [0.29, 0.717) is 10.3 Å². The van der Waals surface area contributed by atoms with Gasteiger partial charge in [-0.15, -0.1) is 0 Å². The van der Waals surface area contributed by atoms with E-state index >= 15 is 0 Å². The third kappa shape index (κ3) is 1.92. The lowest BCUT2D eigenvalue weighted by molar-refractivity contribution is 0.0475. The third-order valence-electron chi connectivity index (χ3n) is 3.03. The van der Waals surface area contributed by atoms with Crippen molar-refractivity contribution in [2.75, 3.05) is 6.67 Å². The van der Waals surface area contributed by atoms with Gasteiger partial charge in [0.1, 0.15) is 18.0 Å². The van der Waals surface area contributed by atoms with Gasteiger partial charge in [0.05, 0.1) is 16.0 Å². The van der Waals surface area contributed by atoms with Gasteiger partial charge in [0.25, 0.3) is 0 Å². The van der Waals surface area contributed by atoms with Gasteiger partial charge in [-0.1, -0.05) is 5.11 Å². The lowest BCUT2D eigenvalue weighted by Crippen LogP contribution is -2.49. The van der Waals surface area contributed by atoms with Crippen LogP contribution in [0.4, 0.5) is 4.39 Å². The fraction of sp³-hybridized carbons (Fsp3) is 0.500. The van der Waals surface area contributed by atoms with E-state index in [1.54, 1.807) is 0 Å². The van der Waals surface area contributed by atoms with Gasteiger partial charge in [0.15, 0.2) is 0 Å². The molecule has 18 heavy (non-hydrogen) atoms. The Labute approximate surface area is 111 Å². The van der Waals surface area contributed by atoms with Gasteiger partial charge in [0.2, 0.25) is 0 Å².